The summed E-state index contributed by atoms with van der Waals surface area (Å²) < 4.78 is 10.7. The zero-order chi connectivity index (χ0) is 17.0. The Labute approximate surface area is 137 Å². The van der Waals surface area contributed by atoms with Crippen molar-refractivity contribution in [1.82, 2.24) is 9.80 Å². The maximum Gasteiger partial charge on any atom is 0.245 e. The summed E-state index contributed by atoms with van der Waals surface area (Å²) >= 11 is 0. The third kappa shape index (κ3) is 3.41. The van der Waals surface area contributed by atoms with Gasteiger partial charge >= 0.3 is 0 Å². The minimum Gasteiger partial charge on any atom is -0.493 e. The van der Waals surface area contributed by atoms with Crippen molar-refractivity contribution < 1.29 is 19.1 Å². The van der Waals surface area contributed by atoms with Crippen LogP contribution in [-0.2, 0) is 16.1 Å². The second-order valence-corrected chi connectivity index (χ2v) is 5.61. The van der Waals surface area contributed by atoms with E-state index in [4.69, 9.17) is 9.47 Å². The van der Waals surface area contributed by atoms with Gasteiger partial charge in [0.2, 0.25) is 11.8 Å². The van der Waals surface area contributed by atoms with Crippen LogP contribution >= 0.6 is 0 Å². The van der Waals surface area contributed by atoms with Gasteiger partial charge in [-0.1, -0.05) is 19.1 Å². The number of carbonyl (C=O) groups is 2. The minimum atomic E-state index is -0.473. The first-order valence-electron chi connectivity index (χ1n) is 7.81. The second kappa shape index (κ2) is 7.35. The lowest BCUT2D eigenvalue weighted by Crippen LogP contribution is -2.58. The Kier molecular flexibility index (Phi) is 5.47. The van der Waals surface area contributed by atoms with E-state index in [-0.39, 0.29) is 18.4 Å². The predicted octanol–water partition coefficient (Wildman–Crippen LogP) is 1.67. The van der Waals surface area contributed by atoms with Gasteiger partial charge < -0.3 is 19.3 Å². The lowest BCUT2D eigenvalue weighted by molar-refractivity contribution is -0.155. The highest BCUT2D eigenvalue weighted by atomic mass is 16.5. The molecule has 1 aliphatic heterocycles. The van der Waals surface area contributed by atoms with Crippen LogP contribution < -0.4 is 9.47 Å². The molecule has 1 aromatic rings. The van der Waals surface area contributed by atoms with E-state index >= 15 is 0 Å². The summed E-state index contributed by atoms with van der Waals surface area (Å²) in [5.41, 5.74) is 0.823. The molecule has 6 heteroatoms. The van der Waals surface area contributed by atoms with Gasteiger partial charge in [-0.3, -0.25) is 9.59 Å². The number of benzene rings is 1. The van der Waals surface area contributed by atoms with Crippen LogP contribution in [0.25, 0.3) is 0 Å². The Hall–Kier alpha value is -2.24. The van der Waals surface area contributed by atoms with Crippen molar-refractivity contribution in [2.24, 2.45) is 0 Å². The van der Waals surface area contributed by atoms with Gasteiger partial charge in [0.15, 0.2) is 11.5 Å². The number of rotatable bonds is 6. The van der Waals surface area contributed by atoms with E-state index < -0.39 is 6.04 Å². The third-order valence-electron chi connectivity index (χ3n) is 4.10. The maximum absolute atomic E-state index is 12.5. The topological polar surface area (TPSA) is 59.1 Å². The maximum atomic E-state index is 12.5. The number of para-hydroxylation sites is 1. The quantitative estimate of drug-likeness (QED) is 0.800. The summed E-state index contributed by atoms with van der Waals surface area (Å²) in [4.78, 5) is 28.1. The van der Waals surface area contributed by atoms with Gasteiger partial charge in [-0.05, 0) is 19.4 Å². The van der Waals surface area contributed by atoms with E-state index in [0.717, 1.165) is 12.0 Å². The van der Waals surface area contributed by atoms with Crippen LogP contribution in [0.15, 0.2) is 18.2 Å². The standard InChI is InChI=1S/C17H24N2O4/c1-5-9-18-11-15(20)19(12(2)17(18)21)10-13-7-6-8-14(22-3)16(13)23-4/h6-8,12H,5,9-11H2,1-4H3/t12-/m0/s1. The van der Waals surface area contributed by atoms with E-state index in [1.165, 1.54) is 0 Å². The molecule has 1 aliphatic rings. The number of hydrogen-bond acceptors (Lipinski definition) is 4. The van der Waals surface area contributed by atoms with Crippen molar-refractivity contribution in [3.63, 3.8) is 0 Å². The molecule has 0 radical (unpaired) electrons. The highest BCUT2D eigenvalue weighted by Crippen LogP contribution is 2.32. The van der Waals surface area contributed by atoms with Gasteiger partial charge in [0.1, 0.15) is 6.04 Å². The van der Waals surface area contributed by atoms with Crippen LogP contribution in [0.2, 0.25) is 0 Å². The van der Waals surface area contributed by atoms with Crippen molar-refractivity contribution in [3.05, 3.63) is 23.8 Å². The average Bonchev–Trinajstić information content (AvgIpc) is 2.56. The molecule has 0 spiro atoms. The largest absolute Gasteiger partial charge is 0.493 e. The third-order valence-corrected chi connectivity index (χ3v) is 4.10. The summed E-state index contributed by atoms with van der Waals surface area (Å²) in [5.74, 6) is 1.16. The fraction of sp³-hybridized carbons (Fsp3) is 0.529. The van der Waals surface area contributed by atoms with Gasteiger partial charge in [0, 0.05) is 12.1 Å². The van der Waals surface area contributed by atoms with Gasteiger partial charge in [-0.2, -0.15) is 0 Å². The van der Waals surface area contributed by atoms with Crippen molar-refractivity contribution >= 4 is 11.8 Å². The van der Waals surface area contributed by atoms with Crippen molar-refractivity contribution in [2.45, 2.75) is 32.9 Å². The van der Waals surface area contributed by atoms with Crippen molar-refractivity contribution in [3.8, 4) is 11.5 Å². The number of hydrogen-bond donors (Lipinski definition) is 0. The van der Waals surface area contributed by atoms with E-state index in [9.17, 15) is 9.59 Å². The molecule has 1 atom stereocenters. The Morgan fingerprint density at radius 2 is 1.96 bits per heavy atom. The van der Waals surface area contributed by atoms with E-state index in [1.807, 2.05) is 19.1 Å². The van der Waals surface area contributed by atoms with E-state index in [0.29, 0.717) is 24.6 Å². The Morgan fingerprint density at radius 1 is 1.22 bits per heavy atom. The molecule has 0 saturated carbocycles. The van der Waals surface area contributed by atoms with Crippen LogP contribution in [0.3, 0.4) is 0 Å². The molecule has 1 fully saturated rings. The molecule has 0 aromatic heterocycles. The summed E-state index contributed by atoms with van der Waals surface area (Å²) in [6, 6.07) is 5.06. The van der Waals surface area contributed by atoms with Crippen molar-refractivity contribution in [2.75, 3.05) is 27.3 Å². The molecule has 1 aromatic carbocycles. The van der Waals surface area contributed by atoms with Gasteiger partial charge in [0.05, 0.1) is 27.3 Å². The minimum absolute atomic E-state index is 0.00619. The molecular formula is C17H24N2O4. The summed E-state index contributed by atoms with van der Waals surface area (Å²) in [7, 11) is 3.14. The molecule has 0 aliphatic carbocycles. The Bertz CT molecular complexity index is 588. The Balaban J connectivity index is 2.23. The predicted molar refractivity (Wildman–Crippen MR) is 86.4 cm³/mol. The number of piperazine rings is 1. The van der Waals surface area contributed by atoms with Gasteiger partial charge in [-0.15, -0.1) is 0 Å². The molecule has 23 heavy (non-hydrogen) atoms. The van der Waals surface area contributed by atoms with E-state index in [1.54, 1.807) is 37.0 Å². The lowest BCUT2D eigenvalue weighted by atomic mass is 10.1. The molecule has 2 rings (SSSR count). The summed E-state index contributed by atoms with van der Waals surface area (Å²) in [6.45, 7) is 4.85. The van der Waals surface area contributed by atoms with Gasteiger partial charge in [-0.25, -0.2) is 0 Å². The highest BCUT2D eigenvalue weighted by Gasteiger charge is 2.36. The molecule has 2 amide bonds. The molecule has 0 bridgehead atoms. The van der Waals surface area contributed by atoms with Gasteiger partial charge in [0.25, 0.3) is 0 Å². The molecule has 1 heterocycles. The first kappa shape index (κ1) is 17.1. The molecule has 1 saturated heterocycles. The zero-order valence-electron chi connectivity index (χ0n) is 14.2. The number of ether oxygens (including phenoxy) is 2. The van der Waals surface area contributed by atoms with Crippen LogP contribution in [0, 0.1) is 0 Å². The molecule has 126 valence electrons. The van der Waals surface area contributed by atoms with E-state index in [2.05, 4.69) is 0 Å². The lowest BCUT2D eigenvalue weighted by Gasteiger charge is -2.38. The fourth-order valence-corrected chi connectivity index (χ4v) is 2.89. The van der Waals surface area contributed by atoms with Crippen molar-refractivity contribution in [1.29, 1.82) is 0 Å². The average molecular weight is 320 g/mol. The normalized spacial score (nSPS) is 18.3. The fourth-order valence-electron chi connectivity index (χ4n) is 2.89. The molecular weight excluding hydrogens is 296 g/mol. The number of methoxy groups -OCH3 is 2. The second-order valence-electron chi connectivity index (χ2n) is 5.61. The monoisotopic (exact) mass is 320 g/mol. The van der Waals surface area contributed by atoms with Crippen LogP contribution in [0.1, 0.15) is 25.8 Å². The number of nitrogens with zero attached hydrogens (tertiary/aromatic N) is 2. The van der Waals surface area contributed by atoms with Crippen LogP contribution in [-0.4, -0.2) is 55.0 Å². The molecule has 0 unspecified atom stereocenters. The van der Waals surface area contributed by atoms with Crippen LogP contribution in [0.5, 0.6) is 11.5 Å². The SMILES string of the molecule is CCCN1CC(=O)N(Cc2cccc(OC)c2OC)[C@@H](C)C1=O. The first-order valence-corrected chi connectivity index (χ1v) is 7.81. The summed E-state index contributed by atoms with van der Waals surface area (Å²) in [5, 5.41) is 0. The Morgan fingerprint density at radius 3 is 2.57 bits per heavy atom. The molecule has 6 nitrogen and oxygen atoms in total. The number of carbonyl (C=O) groups excluding carboxylic acids is 2. The zero-order valence-corrected chi connectivity index (χ0v) is 14.2. The first-order chi connectivity index (χ1) is 11.0. The molecule has 0 N–H and O–H groups in total. The smallest absolute Gasteiger partial charge is 0.245 e. The highest BCUT2D eigenvalue weighted by molar-refractivity contribution is 5.94. The summed E-state index contributed by atoms with van der Waals surface area (Å²) in [6.07, 6.45) is 0.843. The number of amides is 2. The van der Waals surface area contributed by atoms with Crippen LogP contribution in [0.4, 0.5) is 0 Å².